The molecule has 2 aromatic rings. The molecule has 18 heavy (non-hydrogen) atoms. The SMILES string of the molecule is CCC(C)(O)C(O)Cc1ccc2ccccc2n1. The largest absolute Gasteiger partial charge is 0.390 e. The number of aliphatic hydroxyl groups excluding tert-OH is 1. The van der Waals surface area contributed by atoms with Gasteiger partial charge in [0.1, 0.15) is 0 Å². The standard InChI is InChI=1S/C15H19NO2/c1-3-15(2,18)14(17)10-12-9-8-11-6-4-5-7-13(11)16-12/h4-9,14,17-18H,3,10H2,1-2H3. The van der Waals surface area contributed by atoms with Crippen LogP contribution in [0.1, 0.15) is 26.0 Å². The highest BCUT2D eigenvalue weighted by Gasteiger charge is 2.28. The van der Waals surface area contributed by atoms with E-state index in [1.807, 2.05) is 43.3 Å². The molecule has 3 nitrogen and oxygen atoms in total. The summed E-state index contributed by atoms with van der Waals surface area (Å²) in [4.78, 5) is 4.49. The van der Waals surface area contributed by atoms with Crippen molar-refractivity contribution in [3.8, 4) is 0 Å². The van der Waals surface area contributed by atoms with Gasteiger partial charge in [-0.3, -0.25) is 4.98 Å². The Hall–Kier alpha value is -1.45. The first-order chi connectivity index (χ1) is 8.53. The van der Waals surface area contributed by atoms with Crippen molar-refractivity contribution in [2.45, 2.75) is 38.4 Å². The molecule has 0 saturated carbocycles. The minimum atomic E-state index is -1.06. The maximum atomic E-state index is 10.0. The van der Waals surface area contributed by atoms with Gasteiger partial charge in [-0.05, 0) is 25.5 Å². The van der Waals surface area contributed by atoms with Gasteiger partial charge in [0.2, 0.25) is 0 Å². The van der Waals surface area contributed by atoms with Gasteiger partial charge in [-0.15, -0.1) is 0 Å². The number of fused-ring (bicyclic) bond motifs is 1. The number of rotatable bonds is 4. The van der Waals surface area contributed by atoms with Crippen LogP contribution in [0.25, 0.3) is 10.9 Å². The van der Waals surface area contributed by atoms with Gasteiger partial charge < -0.3 is 10.2 Å². The Morgan fingerprint density at radius 3 is 2.67 bits per heavy atom. The monoisotopic (exact) mass is 245 g/mol. The van der Waals surface area contributed by atoms with Gasteiger partial charge in [0.15, 0.2) is 0 Å². The third-order valence-electron chi connectivity index (χ3n) is 3.49. The number of nitrogens with zero attached hydrogens (tertiary/aromatic N) is 1. The van der Waals surface area contributed by atoms with Crippen LogP contribution in [0.15, 0.2) is 36.4 Å². The Labute approximate surface area is 107 Å². The van der Waals surface area contributed by atoms with Crippen LogP contribution < -0.4 is 0 Å². The summed E-state index contributed by atoms with van der Waals surface area (Å²) in [5, 5.41) is 21.1. The summed E-state index contributed by atoms with van der Waals surface area (Å²) in [5.41, 5.74) is 0.654. The van der Waals surface area contributed by atoms with Crippen LogP contribution in [-0.4, -0.2) is 26.9 Å². The van der Waals surface area contributed by atoms with E-state index in [2.05, 4.69) is 4.98 Å². The molecular formula is C15H19NO2. The maximum Gasteiger partial charge on any atom is 0.0879 e. The van der Waals surface area contributed by atoms with E-state index in [1.54, 1.807) is 6.92 Å². The molecule has 0 radical (unpaired) electrons. The summed E-state index contributed by atoms with van der Waals surface area (Å²) in [5.74, 6) is 0. The van der Waals surface area contributed by atoms with E-state index in [9.17, 15) is 10.2 Å². The Balaban J connectivity index is 2.22. The Morgan fingerprint density at radius 1 is 1.22 bits per heavy atom. The van der Waals surface area contributed by atoms with E-state index in [0.29, 0.717) is 12.8 Å². The zero-order valence-electron chi connectivity index (χ0n) is 10.8. The quantitative estimate of drug-likeness (QED) is 0.869. The number of hydrogen-bond donors (Lipinski definition) is 2. The summed E-state index contributed by atoms with van der Waals surface area (Å²) < 4.78 is 0. The third kappa shape index (κ3) is 2.68. The lowest BCUT2D eigenvalue weighted by atomic mass is 9.92. The van der Waals surface area contributed by atoms with Gasteiger partial charge in [0.05, 0.1) is 17.2 Å². The smallest absolute Gasteiger partial charge is 0.0879 e. The normalized spacial score (nSPS) is 16.4. The van der Waals surface area contributed by atoms with Crippen molar-refractivity contribution in [3.05, 3.63) is 42.1 Å². The molecule has 0 amide bonds. The van der Waals surface area contributed by atoms with Gasteiger partial charge in [0.25, 0.3) is 0 Å². The van der Waals surface area contributed by atoms with Crippen molar-refractivity contribution in [2.75, 3.05) is 0 Å². The van der Waals surface area contributed by atoms with Gasteiger partial charge in [-0.1, -0.05) is 31.2 Å². The highest BCUT2D eigenvalue weighted by molar-refractivity contribution is 5.78. The molecule has 3 heteroatoms. The first-order valence-electron chi connectivity index (χ1n) is 6.28. The Kier molecular flexibility index (Phi) is 3.64. The molecular weight excluding hydrogens is 226 g/mol. The molecule has 1 aromatic carbocycles. The first kappa shape index (κ1) is 13.0. The van der Waals surface area contributed by atoms with Gasteiger partial charge in [-0.2, -0.15) is 0 Å². The van der Waals surface area contributed by atoms with Gasteiger partial charge in [0, 0.05) is 17.5 Å². The van der Waals surface area contributed by atoms with Crippen LogP contribution in [0.3, 0.4) is 0 Å². The van der Waals surface area contributed by atoms with Crippen LogP contribution >= 0.6 is 0 Å². The molecule has 0 spiro atoms. The first-order valence-corrected chi connectivity index (χ1v) is 6.28. The number of aliphatic hydroxyl groups is 2. The van der Waals surface area contributed by atoms with Gasteiger partial charge in [-0.25, -0.2) is 0 Å². The molecule has 0 saturated heterocycles. The van der Waals surface area contributed by atoms with Gasteiger partial charge >= 0.3 is 0 Å². The van der Waals surface area contributed by atoms with Crippen molar-refractivity contribution in [3.63, 3.8) is 0 Å². The molecule has 2 rings (SSSR count). The molecule has 0 aliphatic heterocycles. The lowest BCUT2D eigenvalue weighted by Gasteiger charge is -2.27. The summed E-state index contributed by atoms with van der Waals surface area (Å²) in [6.45, 7) is 3.51. The molecule has 1 aromatic heterocycles. The fourth-order valence-corrected chi connectivity index (χ4v) is 1.88. The molecule has 96 valence electrons. The van der Waals surface area contributed by atoms with Crippen molar-refractivity contribution < 1.29 is 10.2 Å². The van der Waals surface area contributed by atoms with Crippen LogP contribution in [-0.2, 0) is 6.42 Å². The van der Waals surface area contributed by atoms with Crippen LogP contribution in [0.2, 0.25) is 0 Å². The van der Waals surface area contributed by atoms with E-state index in [-0.39, 0.29) is 0 Å². The van der Waals surface area contributed by atoms with E-state index in [1.165, 1.54) is 0 Å². The second-order valence-electron chi connectivity index (χ2n) is 4.93. The molecule has 1 heterocycles. The summed E-state index contributed by atoms with van der Waals surface area (Å²) in [7, 11) is 0. The predicted octanol–water partition coefficient (Wildman–Crippen LogP) is 2.30. The topological polar surface area (TPSA) is 53.4 Å². The van der Waals surface area contributed by atoms with Crippen LogP contribution in [0, 0.1) is 0 Å². The maximum absolute atomic E-state index is 10.0. The lowest BCUT2D eigenvalue weighted by Crippen LogP contribution is -2.40. The molecule has 0 aliphatic rings. The van der Waals surface area contributed by atoms with E-state index in [4.69, 9.17) is 0 Å². The molecule has 2 unspecified atom stereocenters. The molecule has 2 N–H and O–H groups in total. The minimum Gasteiger partial charge on any atom is -0.390 e. The highest BCUT2D eigenvalue weighted by atomic mass is 16.3. The number of para-hydroxylation sites is 1. The average molecular weight is 245 g/mol. The zero-order valence-corrected chi connectivity index (χ0v) is 10.8. The molecule has 0 fully saturated rings. The molecule has 0 aliphatic carbocycles. The lowest BCUT2D eigenvalue weighted by molar-refractivity contribution is -0.0633. The number of aromatic nitrogens is 1. The number of pyridine rings is 1. The van der Waals surface area contributed by atoms with Crippen LogP contribution in [0.4, 0.5) is 0 Å². The van der Waals surface area contributed by atoms with E-state index >= 15 is 0 Å². The summed E-state index contributed by atoms with van der Waals surface area (Å²) in [6.07, 6.45) is 0.0871. The van der Waals surface area contributed by atoms with Crippen molar-refractivity contribution in [1.29, 1.82) is 0 Å². The van der Waals surface area contributed by atoms with E-state index < -0.39 is 11.7 Å². The summed E-state index contributed by atoms with van der Waals surface area (Å²) >= 11 is 0. The highest BCUT2D eigenvalue weighted by Crippen LogP contribution is 2.19. The van der Waals surface area contributed by atoms with Crippen molar-refractivity contribution in [1.82, 2.24) is 4.98 Å². The summed E-state index contributed by atoms with van der Waals surface area (Å²) in [6, 6.07) is 11.8. The Bertz CT molecular complexity index is 537. The van der Waals surface area contributed by atoms with Crippen molar-refractivity contribution >= 4 is 10.9 Å². The van der Waals surface area contributed by atoms with Crippen molar-refractivity contribution in [2.24, 2.45) is 0 Å². The second-order valence-corrected chi connectivity index (χ2v) is 4.93. The fourth-order valence-electron chi connectivity index (χ4n) is 1.88. The van der Waals surface area contributed by atoms with Crippen LogP contribution in [0.5, 0.6) is 0 Å². The number of benzene rings is 1. The third-order valence-corrected chi connectivity index (χ3v) is 3.49. The molecule has 0 bridgehead atoms. The Morgan fingerprint density at radius 2 is 1.94 bits per heavy atom. The predicted molar refractivity (Wildman–Crippen MR) is 72.4 cm³/mol. The fraction of sp³-hybridized carbons (Fsp3) is 0.400. The minimum absolute atomic E-state index is 0.367. The van der Waals surface area contributed by atoms with E-state index in [0.717, 1.165) is 16.6 Å². The second kappa shape index (κ2) is 5.04. The molecule has 2 atom stereocenters. The zero-order chi connectivity index (χ0) is 13.2. The number of hydrogen-bond acceptors (Lipinski definition) is 3. The average Bonchev–Trinajstić information content (AvgIpc) is 2.38.